The molecule has 1 unspecified atom stereocenters. The zero-order valence-electron chi connectivity index (χ0n) is 15.6. The maximum atomic E-state index is 11.9. The molecule has 1 saturated heterocycles. The molecule has 6 nitrogen and oxygen atoms in total. The van der Waals surface area contributed by atoms with E-state index >= 15 is 0 Å². The maximum Gasteiger partial charge on any atom is 0.243 e. The molecule has 0 radical (unpaired) electrons. The van der Waals surface area contributed by atoms with Crippen LogP contribution in [0.2, 0.25) is 0 Å². The first-order valence-corrected chi connectivity index (χ1v) is 9.01. The number of hydrogen-bond donors (Lipinski definition) is 1. The quantitative estimate of drug-likeness (QED) is 0.412. The first-order chi connectivity index (χ1) is 12.1. The minimum atomic E-state index is 0. The SMILES string of the molecule is CN(C)C(=O)CN=C(NCC1CCOC1)N1CCc2ccccc2C1.I. The monoisotopic (exact) mass is 472 g/mol. The van der Waals surface area contributed by atoms with Gasteiger partial charge in [0.15, 0.2) is 5.96 Å². The number of guanidine groups is 1. The van der Waals surface area contributed by atoms with Crippen molar-refractivity contribution in [3.05, 3.63) is 35.4 Å². The highest BCUT2D eigenvalue weighted by Crippen LogP contribution is 2.19. The number of hydrogen-bond acceptors (Lipinski definition) is 3. The Morgan fingerprint density at radius 3 is 2.81 bits per heavy atom. The van der Waals surface area contributed by atoms with Crippen molar-refractivity contribution < 1.29 is 9.53 Å². The topological polar surface area (TPSA) is 57.2 Å². The lowest BCUT2D eigenvalue weighted by molar-refractivity contribution is -0.127. The van der Waals surface area contributed by atoms with Crippen LogP contribution in [0.25, 0.3) is 0 Å². The normalized spacial score (nSPS) is 19.5. The number of ether oxygens (including phenoxy) is 1. The Labute approximate surface area is 173 Å². The summed E-state index contributed by atoms with van der Waals surface area (Å²) in [7, 11) is 3.52. The van der Waals surface area contributed by atoms with E-state index in [4.69, 9.17) is 4.74 Å². The number of likely N-dealkylation sites (N-methyl/N-ethyl adjacent to an activating group) is 1. The van der Waals surface area contributed by atoms with E-state index in [2.05, 4.69) is 39.5 Å². The molecular formula is C19H29IN4O2. The number of carbonyl (C=O) groups is 1. The Bertz CT molecular complexity index is 630. The van der Waals surface area contributed by atoms with Gasteiger partial charge in [0.25, 0.3) is 0 Å². The van der Waals surface area contributed by atoms with Gasteiger partial charge in [-0.05, 0) is 24.0 Å². The van der Waals surface area contributed by atoms with E-state index in [9.17, 15) is 4.79 Å². The molecule has 1 fully saturated rings. The zero-order valence-corrected chi connectivity index (χ0v) is 17.9. The molecule has 0 saturated carbocycles. The molecule has 1 N–H and O–H groups in total. The van der Waals surface area contributed by atoms with Crippen molar-refractivity contribution in [1.82, 2.24) is 15.1 Å². The second-order valence-electron chi connectivity index (χ2n) is 6.98. The number of carbonyl (C=O) groups excluding carboxylic acids is 1. The van der Waals surface area contributed by atoms with Crippen LogP contribution in [0.3, 0.4) is 0 Å². The lowest BCUT2D eigenvalue weighted by Crippen LogP contribution is -2.46. The molecule has 1 atom stereocenters. The average Bonchev–Trinajstić information content (AvgIpc) is 3.14. The summed E-state index contributed by atoms with van der Waals surface area (Å²) in [5.74, 6) is 1.37. The molecule has 1 aromatic rings. The predicted octanol–water partition coefficient (Wildman–Crippen LogP) is 1.73. The van der Waals surface area contributed by atoms with E-state index in [1.807, 2.05) is 0 Å². The molecule has 0 aliphatic carbocycles. The van der Waals surface area contributed by atoms with Gasteiger partial charge in [0.2, 0.25) is 5.91 Å². The molecule has 0 spiro atoms. The minimum absolute atomic E-state index is 0. The number of rotatable bonds is 4. The molecular weight excluding hydrogens is 443 g/mol. The number of aliphatic imine (C=N–C) groups is 1. The van der Waals surface area contributed by atoms with Crippen LogP contribution in [-0.4, -0.2) is 68.6 Å². The summed E-state index contributed by atoms with van der Waals surface area (Å²) >= 11 is 0. The molecule has 0 bridgehead atoms. The molecule has 7 heteroatoms. The first-order valence-electron chi connectivity index (χ1n) is 9.01. The molecule has 144 valence electrons. The molecule has 2 heterocycles. The van der Waals surface area contributed by atoms with Gasteiger partial charge in [-0.1, -0.05) is 24.3 Å². The average molecular weight is 472 g/mol. The second-order valence-corrected chi connectivity index (χ2v) is 6.98. The van der Waals surface area contributed by atoms with Crippen molar-refractivity contribution in [3.8, 4) is 0 Å². The summed E-state index contributed by atoms with van der Waals surface area (Å²) < 4.78 is 5.46. The van der Waals surface area contributed by atoms with Crippen LogP contribution in [0.5, 0.6) is 0 Å². The predicted molar refractivity (Wildman–Crippen MR) is 114 cm³/mol. The smallest absolute Gasteiger partial charge is 0.243 e. The van der Waals surface area contributed by atoms with Crippen LogP contribution >= 0.6 is 24.0 Å². The van der Waals surface area contributed by atoms with Crippen molar-refractivity contribution in [1.29, 1.82) is 0 Å². The molecule has 1 amide bonds. The van der Waals surface area contributed by atoms with Gasteiger partial charge in [0.05, 0.1) is 6.61 Å². The number of nitrogens with zero attached hydrogens (tertiary/aromatic N) is 3. The fourth-order valence-electron chi connectivity index (χ4n) is 3.21. The summed E-state index contributed by atoms with van der Waals surface area (Å²) in [6.07, 6.45) is 2.09. The van der Waals surface area contributed by atoms with Crippen LogP contribution in [0.1, 0.15) is 17.5 Å². The highest BCUT2D eigenvalue weighted by Gasteiger charge is 2.21. The maximum absolute atomic E-state index is 11.9. The van der Waals surface area contributed by atoms with Crippen molar-refractivity contribution in [3.63, 3.8) is 0 Å². The number of benzene rings is 1. The molecule has 1 aromatic carbocycles. The van der Waals surface area contributed by atoms with E-state index < -0.39 is 0 Å². The highest BCUT2D eigenvalue weighted by molar-refractivity contribution is 14.0. The second kappa shape index (κ2) is 10.1. The summed E-state index contributed by atoms with van der Waals surface area (Å²) in [6, 6.07) is 8.55. The largest absolute Gasteiger partial charge is 0.381 e. The van der Waals surface area contributed by atoms with Crippen molar-refractivity contribution >= 4 is 35.8 Å². The molecule has 3 rings (SSSR count). The van der Waals surface area contributed by atoms with Gasteiger partial charge in [-0.15, -0.1) is 24.0 Å². The van der Waals surface area contributed by atoms with Gasteiger partial charge < -0.3 is 19.9 Å². The van der Waals surface area contributed by atoms with Crippen molar-refractivity contribution in [2.24, 2.45) is 10.9 Å². The fourth-order valence-corrected chi connectivity index (χ4v) is 3.21. The van der Waals surface area contributed by atoms with Gasteiger partial charge in [-0.3, -0.25) is 4.79 Å². The number of nitrogens with one attached hydrogen (secondary N) is 1. The number of halogens is 1. The number of fused-ring (bicyclic) bond motifs is 1. The van der Waals surface area contributed by atoms with E-state index in [1.54, 1.807) is 19.0 Å². The minimum Gasteiger partial charge on any atom is -0.381 e. The van der Waals surface area contributed by atoms with Gasteiger partial charge in [0, 0.05) is 46.3 Å². The summed E-state index contributed by atoms with van der Waals surface area (Å²) in [6.45, 7) is 4.41. The lowest BCUT2D eigenvalue weighted by atomic mass is 10.0. The summed E-state index contributed by atoms with van der Waals surface area (Å²) in [5, 5.41) is 3.48. The third-order valence-corrected chi connectivity index (χ3v) is 4.87. The Morgan fingerprint density at radius 2 is 2.12 bits per heavy atom. The molecule has 26 heavy (non-hydrogen) atoms. The van der Waals surface area contributed by atoms with Crippen molar-refractivity contribution in [2.75, 3.05) is 46.9 Å². The van der Waals surface area contributed by atoms with E-state index in [-0.39, 0.29) is 36.4 Å². The summed E-state index contributed by atoms with van der Waals surface area (Å²) in [4.78, 5) is 20.4. The van der Waals surface area contributed by atoms with Gasteiger partial charge >= 0.3 is 0 Å². The fraction of sp³-hybridized carbons (Fsp3) is 0.579. The molecule has 2 aliphatic rings. The van der Waals surface area contributed by atoms with E-state index in [1.165, 1.54) is 11.1 Å². The molecule has 0 aromatic heterocycles. The Kier molecular flexibility index (Phi) is 8.15. The van der Waals surface area contributed by atoms with Crippen LogP contribution in [0.4, 0.5) is 0 Å². The van der Waals surface area contributed by atoms with Crippen LogP contribution in [-0.2, 0) is 22.5 Å². The first kappa shape index (κ1) is 21.0. The lowest BCUT2D eigenvalue weighted by Gasteiger charge is -2.32. The Hall–Kier alpha value is -1.35. The highest BCUT2D eigenvalue weighted by atomic mass is 127. The Balaban J connectivity index is 0.00000243. The zero-order chi connectivity index (χ0) is 17.6. The van der Waals surface area contributed by atoms with Gasteiger partial charge in [-0.2, -0.15) is 0 Å². The molecule has 2 aliphatic heterocycles. The van der Waals surface area contributed by atoms with Gasteiger partial charge in [-0.25, -0.2) is 4.99 Å². The van der Waals surface area contributed by atoms with E-state index in [0.29, 0.717) is 5.92 Å². The van der Waals surface area contributed by atoms with E-state index in [0.717, 1.165) is 51.6 Å². The summed E-state index contributed by atoms with van der Waals surface area (Å²) in [5.41, 5.74) is 2.75. The van der Waals surface area contributed by atoms with Crippen LogP contribution < -0.4 is 5.32 Å². The third kappa shape index (κ3) is 5.57. The Morgan fingerprint density at radius 1 is 1.35 bits per heavy atom. The van der Waals surface area contributed by atoms with Crippen LogP contribution in [0.15, 0.2) is 29.3 Å². The number of amides is 1. The van der Waals surface area contributed by atoms with Crippen molar-refractivity contribution in [2.45, 2.75) is 19.4 Å². The third-order valence-electron chi connectivity index (χ3n) is 4.87. The standard InChI is InChI=1S/C19H28N4O2.HI/c1-22(2)18(24)12-21-19(20-11-15-8-10-25-14-15)23-9-7-16-5-3-4-6-17(16)13-23;/h3-6,15H,7-14H2,1-2H3,(H,20,21);1H. The van der Waals surface area contributed by atoms with Gasteiger partial charge in [0.1, 0.15) is 6.54 Å². The van der Waals surface area contributed by atoms with Crippen LogP contribution in [0, 0.1) is 5.92 Å².